The van der Waals surface area contributed by atoms with E-state index in [-0.39, 0.29) is 0 Å². The van der Waals surface area contributed by atoms with E-state index in [1.165, 1.54) is 6.20 Å². The van der Waals surface area contributed by atoms with Crippen LogP contribution < -0.4 is 9.46 Å². The van der Waals surface area contributed by atoms with Gasteiger partial charge in [-0.05, 0) is 12.1 Å². The summed E-state index contributed by atoms with van der Waals surface area (Å²) in [7, 11) is 0. The van der Waals surface area contributed by atoms with Crippen LogP contribution in [0.2, 0.25) is 0 Å². The van der Waals surface area contributed by atoms with Gasteiger partial charge in [0, 0.05) is 43.3 Å². The highest BCUT2D eigenvalue weighted by Gasteiger charge is 2.04. The van der Waals surface area contributed by atoms with E-state index >= 15 is 0 Å². The zero-order valence-electron chi connectivity index (χ0n) is 9.41. The Morgan fingerprint density at radius 1 is 0.941 bits per heavy atom. The lowest BCUT2D eigenvalue weighted by atomic mass is 10.2. The van der Waals surface area contributed by atoms with Crippen LogP contribution in [0.1, 0.15) is 17.1 Å². The summed E-state index contributed by atoms with van der Waals surface area (Å²) in [4.78, 5) is 0. The summed E-state index contributed by atoms with van der Waals surface area (Å²) in [6.45, 7) is 1.74. The van der Waals surface area contributed by atoms with E-state index in [9.17, 15) is 10.4 Å². The molecule has 17 heavy (non-hydrogen) atoms. The zero-order chi connectivity index (χ0) is 12.3. The minimum atomic E-state index is 0.494. The molecule has 0 aliphatic rings. The van der Waals surface area contributed by atoms with E-state index in [1.807, 2.05) is 0 Å². The summed E-state index contributed by atoms with van der Waals surface area (Å²) in [6.07, 6.45) is 4.67. The van der Waals surface area contributed by atoms with Crippen LogP contribution in [-0.2, 0) is 0 Å². The van der Waals surface area contributed by atoms with Gasteiger partial charge in [0.25, 0.3) is 0 Å². The highest BCUT2D eigenvalue weighted by Crippen LogP contribution is 2.02. The van der Waals surface area contributed by atoms with Gasteiger partial charge in [0.1, 0.15) is 0 Å². The number of nitrogens with zero attached hydrogens (tertiary/aromatic N) is 2. The molecule has 4 nitrogen and oxygen atoms in total. The summed E-state index contributed by atoms with van der Waals surface area (Å²) in [5.74, 6) is 0. The summed E-state index contributed by atoms with van der Waals surface area (Å²) in [5.41, 5.74) is 1.62. The van der Waals surface area contributed by atoms with Crippen LogP contribution in [0.5, 0.6) is 0 Å². The van der Waals surface area contributed by atoms with Crippen LogP contribution >= 0.6 is 0 Å². The molecule has 2 rings (SSSR count). The van der Waals surface area contributed by atoms with E-state index in [4.69, 9.17) is 0 Å². The van der Waals surface area contributed by atoms with Gasteiger partial charge in [0.05, 0.1) is 0 Å². The Balaban J connectivity index is 2.33. The Morgan fingerprint density at radius 2 is 1.65 bits per heavy atom. The molecule has 2 heterocycles. The van der Waals surface area contributed by atoms with E-state index < -0.39 is 0 Å². The second kappa shape index (κ2) is 4.65. The van der Waals surface area contributed by atoms with Crippen molar-refractivity contribution in [1.82, 2.24) is 0 Å². The van der Waals surface area contributed by atoms with Crippen LogP contribution in [0.4, 0.5) is 0 Å². The molecule has 2 aromatic heterocycles. The van der Waals surface area contributed by atoms with Crippen LogP contribution in [0.3, 0.4) is 0 Å². The molecule has 0 bridgehead atoms. The summed E-state index contributed by atoms with van der Waals surface area (Å²) >= 11 is 0. The SMILES string of the molecule is Cc1cccc(/C=C/c2cccc[n+]2[O-])[n+]1[O-]. The van der Waals surface area contributed by atoms with Gasteiger partial charge in [-0.1, -0.05) is 0 Å². The monoisotopic (exact) mass is 228 g/mol. The molecule has 0 aliphatic heterocycles. The van der Waals surface area contributed by atoms with E-state index in [0.717, 1.165) is 9.46 Å². The number of hydrogen-bond donors (Lipinski definition) is 0. The highest BCUT2D eigenvalue weighted by molar-refractivity contribution is 5.63. The van der Waals surface area contributed by atoms with Gasteiger partial charge in [0.2, 0.25) is 11.4 Å². The fraction of sp³-hybridized carbons (Fsp3) is 0.0769. The lowest BCUT2D eigenvalue weighted by molar-refractivity contribution is -0.614. The number of aryl methyl sites for hydroxylation is 1. The average molecular weight is 228 g/mol. The molecule has 0 saturated carbocycles. The second-order valence-corrected chi connectivity index (χ2v) is 3.67. The molecule has 2 aromatic rings. The minimum absolute atomic E-state index is 0.494. The summed E-state index contributed by atoms with van der Waals surface area (Å²) < 4.78 is 1.58. The van der Waals surface area contributed by atoms with Crippen molar-refractivity contribution in [2.24, 2.45) is 0 Å². The molecule has 0 amide bonds. The van der Waals surface area contributed by atoms with Crippen LogP contribution in [0, 0.1) is 17.3 Å². The number of aromatic nitrogens is 2. The van der Waals surface area contributed by atoms with Crippen molar-refractivity contribution in [2.75, 3.05) is 0 Å². The quantitative estimate of drug-likeness (QED) is 0.576. The first kappa shape index (κ1) is 11.1. The number of rotatable bonds is 2. The van der Waals surface area contributed by atoms with Gasteiger partial charge < -0.3 is 10.4 Å². The van der Waals surface area contributed by atoms with Gasteiger partial charge in [-0.25, -0.2) is 0 Å². The van der Waals surface area contributed by atoms with E-state index in [0.29, 0.717) is 17.1 Å². The molecule has 0 fully saturated rings. The number of pyridine rings is 2. The maximum absolute atomic E-state index is 11.7. The molecular weight excluding hydrogens is 216 g/mol. The molecule has 0 unspecified atom stereocenters. The topological polar surface area (TPSA) is 53.9 Å². The normalized spacial score (nSPS) is 10.9. The summed E-state index contributed by atoms with van der Waals surface area (Å²) in [6, 6.07) is 10.4. The third-order valence-corrected chi connectivity index (χ3v) is 2.44. The Hall–Kier alpha value is -2.36. The average Bonchev–Trinajstić information content (AvgIpc) is 2.33. The molecule has 0 N–H and O–H groups in total. The molecule has 0 aliphatic carbocycles. The van der Waals surface area contributed by atoms with Crippen molar-refractivity contribution in [3.63, 3.8) is 0 Å². The molecular formula is C13H12N2O2. The van der Waals surface area contributed by atoms with E-state index in [2.05, 4.69) is 0 Å². The number of hydrogen-bond acceptors (Lipinski definition) is 2. The third kappa shape index (κ3) is 2.42. The lowest BCUT2D eigenvalue weighted by Crippen LogP contribution is -2.33. The lowest BCUT2D eigenvalue weighted by Gasteiger charge is -2.03. The fourth-order valence-electron chi connectivity index (χ4n) is 1.49. The molecule has 0 aromatic carbocycles. The molecule has 0 spiro atoms. The molecule has 0 atom stereocenters. The van der Waals surface area contributed by atoms with Crippen molar-refractivity contribution >= 4 is 12.2 Å². The first-order chi connectivity index (χ1) is 8.18. The van der Waals surface area contributed by atoms with Crippen molar-refractivity contribution in [2.45, 2.75) is 6.92 Å². The maximum Gasteiger partial charge on any atom is 0.216 e. The Morgan fingerprint density at radius 3 is 2.41 bits per heavy atom. The zero-order valence-corrected chi connectivity index (χ0v) is 9.41. The largest absolute Gasteiger partial charge is 0.618 e. The Kier molecular flexibility index (Phi) is 3.05. The first-order valence-corrected chi connectivity index (χ1v) is 5.24. The van der Waals surface area contributed by atoms with Crippen molar-refractivity contribution in [3.05, 3.63) is 70.1 Å². The predicted octanol–water partition coefficient (Wildman–Crippen LogP) is 1.43. The van der Waals surface area contributed by atoms with Gasteiger partial charge >= 0.3 is 0 Å². The maximum atomic E-state index is 11.7. The first-order valence-electron chi connectivity index (χ1n) is 5.24. The highest BCUT2D eigenvalue weighted by atomic mass is 16.5. The second-order valence-electron chi connectivity index (χ2n) is 3.67. The van der Waals surface area contributed by atoms with Gasteiger partial charge in [-0.3, -0.25) is 0 Å². The Bertz CT molecular complexity index is 565. The fourth-order valence-corrected chi connectivity index (χ4v) is 1.49. The molecule has 0 saturated heterocycles. The van der Waals surface area contributed by atoms with Crippen molar-refractivity contribution in [3.8, 4) is 0 Å². The van der Waals surface area contributed by atoms with Crippen LogP contribution in [-0.4, -0.2) is 0 Å². The van der Waals surface area contributed by atoms with Gasteiger partial charge in [0.15, 0.2) is 11.9 Å². The van der Waals surface area contributed by atoms with Crippen molar-refractivity contribution in [1.29, 1.82) is 0 Å². The van der Waals surface area contributed by atoms with Gasteiger partial charge in [-0.2, -0.15) is 9.46 Å². The van der Waals surface area contributed by atoms with Crippen LogP contribution in [0.15, 0.2) is 42.6 Å². The van der Waals surface area contributed by atoms with E-state index in [1.54, 1.807) is 55.5 Å². The standard InChI is InChI=1S/C13H12N2O2/c1-11-5-4-7-13(15(11)17)9-8-12-6-2-3-10-14(12)16/h2-10H,1H3/b9-8+. The summed E-state index contributed by atoms with van der Waals surface area (Å²) in [5, 5.41) is 23.0. The molecule has 0 radical (unpaired) electrons. The minimum Gasteiger partial charge on any atom is -0.618 e. The predicted molar refractivity (Wildman–Crippen MR) is 64.5 cm³/mol. The van der Waals surface area contributed by atoms with Gasteiger partial charge in [-0.15, -0.1) is 0 Å². The van der Waals surface area contributed by atoms with Crippen molar-refractivity contribution < 1.29 is 9.46 Å². The molecule has 86 valence electrons. The Labute approximate surface area is 99.2 Å². The van der Waals surface area contributed by atoms with Crippen LogP contribution in [0.25, 0.3) is 12.2 Å². The molecule has 4 heteroatoms. The smallest absolute Gasteiger partial charge is 0.216 e. The third-order valence-electron chi connectivity index (χ3n) is 2.44.